The number of nitrogens with one attached hydrogen (secondary N) is 1. The lowest BCUT2D eigenvalue weighted by atomic mass is 9.79. The van der Waals surface area contributed by atoms with Crippen LogP contribution in [0.15, 0.2) is 0 Å². The molecule has 1 heteroatoms. The molecule has 0 aromatic rings. The molecule has 4 fully saturated rings. The van der Waals surface area contributed by atoms with Crippen molar-refractivity contribution < 1.29 is 0 Å². The van der Waals surface area contributed by atoms with E-state index in [2.05, 4.69) is 12.2 Å². The normalized spacial score (nSPS) is 47.2. The fourth-order valence-electron chi connectivity index (χ4n) is 6.61. The molecule has 0 aromatic heterocycles. The van der Waals surface area contributed by atoms with Crippen LogP contribution >= 0.6 is 0 Å². The van der Waals surface area contributed by atoms with E-state index in [0.29, 0.717) is 0 Å². The van der Waals surface area contributed by atoms with E-state index in [1.54, 1.807) is 51.4 Å². The standard InChI is InChI=1S/C19H33N/c1-2-20-19(11-17-9-13-3-5-15(17)7-13)12-18-10-14-4-6-16(18)8-14/h13-20H,2-12H2,1H3. The molecule has 6 unspecified atom stereocenters. The zero-order valence-corrected chi connectivity index (χ0v) is 13.3. The highest BCUT2D eigenvalue weighted by Crippen LogP contribution is 2.52. The summed E-state index contributed by atoms with van der Waals surface area (Å²) in [5.41, 5.74) is 0. The van der Waals surface area contributed by atoms with Crippen LogP contribution in [0.5, 0.6) is 0 Å². The van der Waals surface area contributed by atoms with Crippen molar-refractivity contribution in [2.45, 2.75) is 77.2 Å². The van der Waals surface area contributed by atoms with Crippen molar-refractivity contribution in [1.82, 2.24) is 5.32 Å². The van der Waals surface area contributed by atoms with E-state index in [0.717, 1.165) is 41.5 Å². The van der Waals surface area contributed by atoms with Crippen LogP contribution in [-0.2, 0) is 0 Å². The van der Waals surface area contributed by atoms with E-state index in [-0.39, 0.29) is 0 Å². The SMILES string of the molecule is CCNC(CC1CC2CCC1C2)CC1CC2CCC1C2. The van der Waals surface area contributed by atoms with E-state index < -0.39 is 0 Å². The summed E-state index contributed by atoms with van der Waals surface area (Å²) in [7, 11) is 0. The average molecular weight is 275 g/mol. The quantitative estimate of drug-likeness (QED) is 0.746. The van der Waals surface area contributed by atoms with Gasteiger partial charge in [0.05, 0.1) is 0 Å². The van der Waals surface area contributed by atoms with E-state index in [1.165, 1.54) is 19.4 Å². The summed E-state index contributed by atoms with van der Waals surface area (Å²) in [6.45, 7) is 3.47. The molecule has 0 aliphatic heterocycles. The van der Waals surface area contributed by atoms with E-state index >= 15 is 0 Å². The van der Waals surface area contributed by atoms with Gasteiger partial charge in [0.1, 0.15) is 0 Å². The van der Waals surface area contributed by atoms with Crippen LogP contribution in [-0.4, -0.2) is 12.6 Å². The van der Waals surface area contributed by atoms with Crippen LogP contribution in [0.4, 0.5) is 0 Å². The van der Waals surface area contributed by atoms with Gasteiger partial charge in [0.25, 0.3) is 0 Å². The van der Waals surface area contributed by atoms with E-state index in [4.69, 9.17) is 0 Å². The van der Waals surface area contributed by atoms with E-state index in [1.807, 2.05) is 0 Å². The monoisotopic (exact) mass is 275 g/mol. The molecule has 0 amide bonds. The van der Waals surface area contributed by atoms with Crippen LogP contribution in [0, 0.1) is 35.5 Å². The average Bonchev–Trinajstić information content (AvgIpc) is 3.19. The Labute approximate surface area is 125 Å². The third-order valence-corrected chi connectivity index (χ3v) is 7.44. The molecule has 4 aliphatic rings. The summed E-state index contributed by atoms with van der Waals surface area (Å²) < 4.78 is 0. The highest BCUT2D eigenvalue weighted by Gasteiger charge is 2.42. The summed E-state index contributed by atoms with van der Waals surface area (Å²) in [6, 6.07) is 0.841. The van der Waals surface area contributed by atoms with E-state index in [9.17, 15) is 0 Å². The summed E-state index contributed by atoms with van der Waals surface area (Å²) in [4.78, 5) is 0. The maximum atomic E-state index is 3.86. The molecule has 4 rings (SSSR count). The van der Waals surface area contributed by atoms with Gasteiger partial charge in [-0.05, 0) is 93.4 Å². The first-order valence-electron chi connectivity index (χ1n) is 9.55. The van der Waals surface area contributed by atoms with Gasteiger partial charge in [-0.2, -0.15) is 0 Å². The maximum absolute atomic E-state index is 3.86. The molecule has 0 aromatic carbocycles. The number of hydrogen-bond acceptors (Lipinski definition) is 1. The Bertz CT molecular complexity index is 309. The molecule has 1 N–H and O–H groups in total. The van der Waals surface area contributed by atoms with Crippen LogP contribution in [0.3, 0.4) is 0 Å². The van der Waals surface area contributed by atoms with Crippen molar-refractivity contribution in [3.63, 3.8) is 0 Å². The van der Waals surface area contributed by atoms with Gasteiger partial charge in [-0.25, -0.2) is 0 Å². The van der Waals surface area contributed by atoms with Crippen LogP contribution < -0.4 is 5.32 Å². The fourth-order valence-corrected chi connectivity index (χ4v) is 6.61. The molecule has 4 bridgehead atoms. The molecular weight excluding hydrogens is 242 g/mol. The molecule has 0 saturated heterocycles. The highest BCUT2D eigenvalue weighted by molar-refractivity contribution is 4.95. The van der Waals surface area contributed by atoms with Crippen molar-refractivity contribution in [3.05, 3.63) is 0 Å². The smallest absolute Gasteiger partial charge is 0.00724 e. The van der Waals surface area contributed by atoms with Crippen molar-refractivity contribution in [1.29, 1.82) is 0 Å². The first kappa shape index (κ1) is 13.6. The Morgan fingerprint density at radius 1 is 0.800 bits per heavy atom. The summed E-state index contributed by atoms with van der Waals surface area (Å²) in [6.07, 6.45) is 15.5. The zero-order valence-electron chi connectivity index (χ0n) is 13.3. The summed E-state index contributed by atoms with van der Waals surface area (Å²) >= 11 is 0. The second-order valence-electron chi connectivity index (χ2n) is 8.60. The molecule has 20 heavy (non-hydrogen) atoms. The third-order valence-electron chi connectivity index (χ3n) is 7.44. The minimum atomic E-state index is 0.841. The van der Waals surface area contributed by atoms with Crippen molar-refractivity contribution in [3.8, 4) is 0 Å². The van der Waals surface area contributed by atoms with Gasteiger partial charge in [0.2, 0.25) is 0 Å². The molecule has 6 atom stereocenters. The lowest BCUT2D eigenvalue weighted by molar-refractivity contribution is 0.228. The van der Waals surface area contributed by atoms with Crippen molar-refractivity contribution >= 4 is 0 Å². The molecule has 0 radical (unpaired) electrons. The molecule has 0 spiro atoms. The zero-order chi connectivity index (χ0) is 13.5. The topological polar surface area (TPSA) is 12.0 Å². The number of fused-ring (bicyclic) bond motifs is 4. The largest absolute Gasteiger partial charge is 0.314 e. The Hall–Kier alpha value is -0.0400. The van der Waals surface area contributed by atoms with Crippen LogP contribution in [0.2, 0.25) is 0 Å². The Balaban J connectivity index is 1.33. The second kappa shape index (κ2) is 5.63. The maximum Gasteiger partial charge on any atom is 0.00724 e. The van der Waals surface area contributed by atoms with Crippen molar-refractivity contribution in [2.24, 2.45) is 35.5 Å². The fraction of sp³-hybridized carbons (Fsp3) is 1.00. The molecule has 114 valence electrons. The van der Waals surface area contributed by atoms with Gasteiger partial charge in [0.15, 0.2) is 0 Å². The van der Waals surface area contributed by atoms with Gasteiger partial charge in [-0.1, -0.05) is 19.8 Å². The predicted molar refractivity (Wildman–Crippen MR) is 84.6 cm³/mol. The Morgan fingerprint density at radius 3 is 1.70 bits per heavy atom. The van der Waals surface area contributed by atoms with Gasteiger partial charge < -0.3 is 5.32 Å². The molecule has 1 nitrogen and oxygen atoms in total. The van der Waals surface area contributed by atoms with Crippen LogP contribution in [0.1, 0.15) is 71.1 Å². The lowest BCUT2D eigenvalue weighted by Crippen LogP contribution is -2.35. The summed E-state index contributed by atoms with van der Waals surface area (Å²) in [5, 5.41) is 3.86. The van der Waals surface area contributed by atoms with Crippen molar-refractivity contribution in [2.75, 3.05) is 6.54 Å². The van der Waals surface area contributed by atoms with Gasteiger partial charge in [-0.15, -0.1) is 0 Å². The molecule has 4 aliphatic carbocycles. The second-order valence-corrected chi connectivity index (χ2v) is 8.60. The Morgan fingerprint density at radius 2 is 1.35 bits per heavy atom. The molecule has 0 heterocycles. The number of hydrogen-bond donors (Lipinski definition) is 1. The highest BCUT2D eigenvalue weighted by atomic mass is 14.9. The Kier molecular flexibility index (Phi) is 3.83. The lowest BCUT2D eigenvalue weighted by Gasteiger charge is -2.31. The van der Waals surface area contributed by atoms with Gasteiger partial charge in [0, 0.05) is 6.04 Å². The van der Waals surface area contributed by atoms with Crippen LogP contribution in [0.25, 0.3) is 0 Å². The van der Waals surface area contributed by atoms with Gasteiger partial charge >= 0.3 is 0 Å². The number of rotatable bonds is 6. The first-order chi connectivity index (χ1) is 9.81. The third kappa shape index (κ3) is 2.56. The predicted octanol–water partition coefficient (Wildman–Crippen LogP) is 4.62. The first-order valence-corrected chi connectivity index (χ1v) is 9.55. The molecule has 4 saturated carbocycles. The summed E-state index contributed by atoms with van der Waals surface area (Å²) in [5.74, 6) is 6.62. The van der Waals surface area contributed by atoms with Gasteiger partial charge in [-0.3, -0.25) is 0 Å². The minimum absolute atomic E-state index is 0.841. The minimum Gasteiger partial charge on any atom is -0.314 e. The molecular formula is C19H33N.